The standard InChI is InChI=1S/C14H16BrNO2S/c1-8-4-12(15)14(19-8)13(16)9-5-10(17-2)7-11(6-9)18-3/h4-7,13H,16H2,1-3H3. The first-order chi connectivity index (χ1) is 9.05. The van der Waals surface area contributed by atoms with Crippen LogP contribution in [0.5, 0.6) is 11.5 Å². The van der Waals surface area contributed by atoms with E-state index in [2.05, 4.69) is 28.9 Å². The lowest BCUT2D eigenvalue weighted by Gasteiger charge is -2.14. The Morgan fingerprint density at radius 1 is 1.11 bits per heavy atom. The summed E-state index contributed by atoms with van der Waals surface area (Å²) < 4.78 is 11.6. The molecule has 0 amide bonds. The number of hydrogen-bond acceptors (Lipinski definition) is 4. The first-order valence-electron chi connectivity index (χ1n) is 5.79. The summed E-state index contributed by atoms with van der Waals surface area (Å²) in [6.07, 6.45) is 0. The number of methoxy groups -OCH3 is 2. The second kappa shape index (κ2) is 5.94. The number of hydrogen-bond donors (Lipinski definition) is 1. The predicted octanol–water partition coefficient (Wildman–Crippen LogP) is 3.88. The van der Waals surface area contributed by atoms with Gasteiger partial charge in [0.15, 0.2) is 0 Å². The summed E-state index contributed by atoms with van der Waals surface area (Å²) in [5, 5.41) is 0. The maximum absolute atomic E-state index is 6.35. The minimum absolute atomic E-state index is 0.197. The van der Waals surface area contributed by atoms with Gasteiger partial charge < -0.3 is 15.2 Å². The van der Waals surface area contributed by atoms with Gasteiger partial charge in [-0.05, 0) is 46.6 Å². The molecule has 0 fully saturated rings. The monoisotopic (exact) mass is 341 g/mol. The van der Waals surface area contributed by atoms with Crippen molar-refractivity contribution in [2.24, 2.45) is 5.73 Å². The molecular formula is C14H16BrNO2S. The minimum atomic E-state index is -0.197. The Balaban J connectivity index is 2.43. The van der Waals surface area contributed by atoms with Crippen LogP contribution in [0.15, 0.2) is 28.7 Å². The molecule has 0 bridgehead atoms. The summed E-state index contributed by atoms with van der Waals surface area (Å²) >= 11 is 5.24. The third-order valence-electron chi connectivity index (χ3n) is 2.85. The molecule has 1 aromatic carbocycles. The van der Waals surface area contributed by atoms with E-state index in [1.54, 1.807) is 25.6 Å². The van der Waals surface area contributed by atoms with Crippen LogP contribution in [0.4, 0.5) is 0 Å². The number of benzene rings is 1. The smallest absolute Gasteiger partial charge is 0.122 e. The van der Waals surface area contributed by atoms with E-state index in [0.717, 1.165) is 26.4 Å². The van der Waals surface area contributed by atoms with Crippen LogP contribution in [0.1, 0.15) is 21.4 Å². The molecule has 0 saturated carbocycles. The lowest BCUT2D eigenvalue weighted by Crippen LogP contribution is -2.11. The summed E-state index contributed by atoms with van der Waals surface area (Å²) in [6, 6.07) is 7.60. The van der Waals surface area contributed by atoms with Gasteiger partial charge in [0.25, 0.3) is 0 Å². The zero-order valence-electron chi connectivity index (χ0n) is 11.1. The van der Waals surface area contributed by atoms with E-state index in [1.165, 1.54) is 4.88 Å². The third kappa shape index (κ3) is 3.11. The van der Waals surface area contributed by atoms with Gasteiger partial charge in [0.1, 0.15) is 11.5 Å². The van der Waals surface area contributed by atoms with E-state index in [9.17, 15) is 0 Å². The first kappa shape index (κ1) is 14.4. The maximum Gasteiger partial charge on any atom is 0.122 e. The molecule has 1 unspecified atom stereocenters. The number of aryl methyl sites for hydroxylation is 1. The largest absolute Gasteiger partial charge is 0.497 e. The Labute approximate surface area is 125 Å². The fourth-order valence-electron chi connectivity index (χ4n) is 1.87. The summed E-state index contributed by atoms with van der Waals surface area (Å²) in [4.78, 5) is 2.33. The highest BCUT2D eigenvalue weighted by atomic mass is 79.9. The number of nitrogens with two attached hydrogens (primary N) is 1. The van der Waals surface area contributed by atoms with Crippen LogP contribution in [-0.4, -0.2) is 14.2 Å². The molecule has 19 heavy (non-hydrogen) atoms. The van der Waals surface area contributed by atoms with Gasteiger partial charge in [-0.2, -0.15) is 0 Å². The molecule has 2 aromatic rings. The SMILES string of the molecule is COc1cc(OC)cc(C(N)c2sc(C)cc2Br)c1. The molecule has 2 rings (SSSR count). The highest BCUT2D eigenvalue weighted by Gasteiger charge is 2.17. The molecule has 0 aliphatic rings. The Hall–Kier alpha value is -1.04. The molecule has 5 heteroatoms. The van der Waals surface area contributed by atoms with E-state index in [-0.39, 0.29) is 6.04 Å². The zero-order valence-corrected chi connectivity index (χ0v) is 13.5. The molecule has 0 radical (unpaired) electrons. The average molecular weight is 342 g/mol. The highest BCUT2D eigenvalue weighted by molar-refractivity contribution is 9.10. The molecular weight excluding hydrogens is 326 g/mol. The van der Waals surface area contributed by atoms with E-state index in [1.807, 2.05) is 18.2 Å². The van der Waals surface area contributed by atoms with Crippen molar-refractivity contribution in [3.05, 3.63) is 44.1 Å². The number of thiophene rings is 1. The average Bonchev–Trinajstić information content (AvgIpc) is 2.76. The van der Waals surface area contributed by atoms with Crippen molar-refractivity contribution in [2.75, 3.05) is 14.2 Å². The number of rotatable bonds is 4. The molecule has 0 aliphatic heterocycles. The van der Waals surface area contributed by atoms with Gasteiger partial charge in [-0.25, -0.2) is 0 Å². The Morgan fingerprint density at radius 3 is 2.11 bits per heavy atom. The van der Waals surface area contributed by atoms with E-state index in [0.29, 0.717) is 0 Å². The molecule has 102 valence electrons. The molecule has 3 nitrogen and oxygen atoms in total. The fraction of sp³-hybridized carbons (Fsp3) is 0.286. The van der Waals surface area contributed by atoms with Crippen molar-refractivity contribution >= 4 is 27.3 Å². The van der Waals surface area contributed by atoms with Gasteiger partial charge in [0.05, 0.1) is 20.3 Å². The quantitative estimate of drug-likeness (QED) is 0.917. The second-order valence-corrected chi connectivity index (χ2v) is 6.34. The van der Waals surface area contributed by atoms with Crippen LogP contribution < -0.4 is 15.2 Å². The van der Waals surface area contributed by atoms with Crippen LogP contribution in [0.3, 0.4) is 0 Å². The van der Waals surface area contributed by atoms with Crippen molar-refractivity contribution in [2.45, 2.75) is 13.0 Å². The molecule has 0 spiro atoms. The molecule has 1 aromatic heterocycles. The normalized spacial score (nSPS) is 12.3. The molecule has 0 aliphatic carbocycles. The van der Waals surface area contributed by atoms with Gasteiger partial charge in [0.2, 0.25) is 0 Å². The number of halogens is 1. The Kier molecular flexibility index (Phi) is 4.50. The first-order valence-corrected chi connectivity index (χ1v) is 7.40. The zero-order chi connectivity index (χ0) is 14.0. The van der Waals surface area contributed by atoms with Gasteiger partial charge in [-0.1, -0.05) is 0 Å². The van der Waals surface area contributed by atoms with Crippen LogP contribution in [0.25, 0.3) is 0 Å². The van der Waals surface area contributed by atoms with Crippen molar-refractivity contribution < 1.29 is 9.47 Å². The van der Waals surface area contributed by atoms with Gasteiger partial charge in [-0.3, -0.25) is 0 Å². The molecule has 1 heterocycles. The second-order valence-electron chi connectivity index (χ2n) is 4.19. The summed E-state index contributed by atoms with van der Waals surface area (Å²) in [5.74, 6) is 1.49. The summed E-state index contributed by atoms with van der Waals surface area (Å²) in [7, 11) is 3.27. The summed E-state index contributed by atoms with van der Waals surface area (Å²) in [6.45, 7) is 2.07. The van der Waals surface area contributed by atoms with Crippen LogP contribution in [0, 0.1) is 6.92 Å². The predicted molar refractivity (Wildman–Crippen MR) is 82.3 cm³/mol. The third-order valence-corrected chi connectivity index (χ3v) is 4.90. The Morgan fingerprint density at radius 2 is 1.68 bits per heavy atom. The molecule has 0 saturated heterocycles. The van der Waals surface area contributed by atoms with Gasteiger partial charge in [0, 0.05) is 20.3 Å². The van der Waals surface area contributed by atoms with Crippen molar-refractivity contribution in [3.8, 4) is 11.5 Å². The molecule has 2 N–H and O–H groups in total. The highest BCUT2D eigenvalue weighted by Crippen LogP contribution is 2.36. The lowest BCUT2D eigenvalue weighted by atomic mass is 10.1. The summed E-state index contributed by atoms with van der Waals surface area (Å²) in [5.41, 5.74) is 7.32. The van der Waals surface area contributed by atoms with Crippen molar-refractivity contribution in [1.82, 2.24) is 0 Å². The van der Waals surface area contributed by atoms with Crippen LogP contribution >= 0.6 is 27.3 Å². The fourth-order valence-corrected chi connectivity index (χ4v) is 3.80. The number of ether oxygens (including phenoxy) is 2. The van der Waals surface area contributed by atoms with E-state index in [4.69, 9.17) is 15.2 Å². The minimum Gasteiger partial charge on any atom is -0.497 e. The Bertz CT molecular complexity index is 561. The maximum atomic E-state index is 6.35. The van der Waals surface area contributed by atoms with Crippen molar-refractivity contribution in [1.29, 1.82) is 0 Å². The lowest BCUT2D eigenvalue weighted by molar-refractivity contribution is 0.393. The van der Waals surface area contributed by atoms with Crippen molar-refractivity contribution in [3.63, 3.8) is 0 Å². The van der Waals surface area contributed by atoms with E-state index < -0.39 is 0 Å². The van der Waals surface area contributed by atoms with Crippen LogP contribution in [0.2, 0.25) is 0 Å². The van der Waals surface area contributed by atoms with Gasteiger partial charge >= 0.3 is 0 Å². The van der Waals surface area contributed by atoms with E-state index >= 15 is 0 Å². The van der Waals surface area contributed by atoms with Crippen LogP contribution in [-0.2, 0) is 0 Å². The topological polar surface area (TPSA) is 44.5 Å². The molecule has 1 atom stereocenters. The van der Waals surface area contributed by atoms with Gasteiger partial charge in [-0.15, -0.1) is 11.3 Å².